The standard InChI is InChI=1S/C29H33FN2O2/c1-27(2,33)20-7-5-9-22(15-20)29(4,34)25-10-6-8-21-16-24-26(19-11-13-23(30)14-12-19)31-18-32(24)17-28(21,25)3/h5,7,9,11-16,18,25,33-34H,6,8,10,17H2,1-4H3/t25-,28-,29-/m0/s1. The number of benzene rings is 2. The first-order valence-electron chi connectivity index (χ1n) is 12.1. The Morgan fingerprint density at radius 2 is 1.76 bits per heavy atom. The number of aliphatic hydroxyl groups is 2. The zero-order chi connectivity index (χ0) is 24.3. The summed E-state index contributed by atoms with van der Waals surface area (Å²) in [4.78, 5) is 4.68. The molecule has 0 unspecified atom stereocenters. The molecule has 3 aromatic rings. The molecular weight excluding hydrogens is 427 g/mol. The van der Waals surface area contributed by atoms with E-state index in [-0.39, 0.29) is 17.2 Å². The molecule has 0 radical (unpaired) electrons. The minimum atomic E-state index is -1.06. The van der Waals surface area contributed by atoms with Crippen LogP contribution < -0.4 is 0 Å². The van der Waals surface area contributed by atoms with Crippen molar-refractivity contribution in [3.05, 3.63) is 83.1 Å². The number of rotatable bonds is 4. The molecule has 0 spiro atoms. The van der Waals surface area contributed by atoms with Crippen LogP contribution in [0.4, 0.5) is 4.39 Å². The van der Waals surface area contributed by atoms with Gasteiger partial charge in [0.05, 0.1) is 28.9 Å². The fourth-order valence-electron chi connectivity index (χ4n) is 6.11. The molecule has 2 heterocycles. The van der Waals surface area contributed by atoms with Gasteiger partial charge in [0.1, 0.15) is 5.82 Å². The summed E-state index contributed by atoms with van der Waals surface area (Å²) in [5.74, 6) is -0.254. The van der Waals surface area contributed by atoms with Gasteiger partial charge in [-0.1, -0.05) is 36.8 Å². The summed E-state index contributed by atoms with van der Waals surface area (Å²) in [6.07, 6.45) is 7.02. The zero-order valence-corrected chi connectivity index (χ0v) is 20.3. The number of imidazole rings is 1. The normalized spacial score (nSPS) is 24.1. The second-order valence-corrected chi connectivity index (χ2v) is 10.9. The molecule has 2 aliphatic rings. The quantitative estimate of drug-likeness (QED) is 0.500. The molecule has 0 amide bonds. The number of hydrogen-bond acceptors (Lipinski definition) is 3. The van der Waals surface area contributed by atoms with Crippen molar-refractivity contribution in [2.75, 3.05) is 0 Å². The smallest absolute Gasteiger partial charge is 0.123 e. The van der Waals surface area contributed by atoms with Crippen molar-refractivity contribution in [3.8, 4) is 11.3 Å². The van der Waals surface area contributed by atoms with Crippen LogP contribution in [0.15, 0.2) is 60.4 Å². The van der Waals surface area contributed by atoms with Crippen molar-refractivity contribution in [2.24, 2.45) is 11.3 Å². The lowest BCUT2D eigenvalue weighted by Crippen LogP contribution is -2.48. The van der Waals surface area contributed by atoms with Gasteiger partial charge in [-0.05, 0) is 81.5 Å². The van der Waals surface area contributed by atoms with Crippen LogP contribution in [0.5, 0.6) is 0 Å². The fourth-order valence-corrected chi connectivity index (χ4v) is 6.11. The molecule has 178 valence electrons. The second-order valence-electron chi connectivity index (χ2n) is 10.9. The van der Waals surface area contributed by atoms with Crippen molar-refractivity contribution < 1.29 is 14.6 Å². The van der Waals surface area contributed by atoms with E-state index in [0.29, 0.717) is 0 Å². The molecule has 1 fully saturated rings. The molecule has 34 heavy (non-hydrogen) atoms. The first-order chi connectivity index (χ1) is 16.0. The van der Waals surface area contributed by atoms with Gasteiger partial charge in [0.2, 0.25) is 0 Å². The molecule has 5 rings (SSSR count). The maximum Gasteiger partial charge on any atom is 0.123 e. The number of nitrogens with zero attached hydrogens (tertiary/aromatic N) is 2. The summed E-state index contributed by atoms with van der Waals surface area (Å²) >= 11 is 0. The van der Waals surface area contributed by atoms with Gasteiger partial charge in [0.25, 0.3) is 0 Å². The van der Waals surface area contributed by atoms with Gasteiger partial charge in [-0.2, -0.15) is 0 Å². The second kappa shape index (κ2) is 7.89. The summed E-state index contributed by atoms with van der Waals surface area (Å²) in [6, 6.07) is 14.2. The highest BCUT2D eigenvalue weighted by atomic mass is 19.1. The maximum atomic E-state index is 13.4. The van der Waals surface area contributed by atoms with E-state index >= 15 is 0 Å². The van der Waals surface area contributed by atoms with E-state index in [1.165, 1.54) is 17.7 Å². The van der Waals surface area contributed by atoms with Crippen LogP contribution >= 0.6 is 0 Å². The summed E-state index contributed by atoms with van der Waals surface area (Å²) < 4.78 is 15.6. The van der Waals surface area contributed by atoms with Gasteiger partial charge in [-0.3, -0.25) is 0 Å². The van der Waals surface area contributed by atoms with Crippen molar-refractivity contribution >= 4 is 6.08 Å². The van der Waals surface area contributed by atoms with Gasteiger partial charge in [-0.15, -0.1) is 0 Å². The molecular formula is C29H33FN2O2. The van der Waals surface area contributed by atoms with Crippen LogP contribution in [-0.4, -0.2) is 19.8 Å². The Kier molecular flexibility index (Phi) is 5.34. The van der Waals surface area contributed by atoms with E-state index in [4.69, 9.17) is 0 Å². The molecule has 3 atom stereocenters. The monoisotopic (exact) mass is 460 g/mol. The van der Waals surface area contributed by atoms with E-state index in [2.05, 4.69) is 22.6 Å². The van der Waals surface area contributed by atoms with Gasteiger partial charge in [0, 0.05) is 23.4 Å². The predicted molar refractivity (Wildman–Crippen MR) is 132 cm³/mol. The highest BCUT2D eigenvalue weighted by Gasteiger charge is 2.51. The Labute approximate surface area is 200 Å². The largest absolute Gasteiger partial charge is 0.386 e. The lowest BCUT2D eigenvalue weighted by atomic mass is 9.57. The summed E-state index contributed by atoms with van der Waals surface area (Å²) in [6.45, 7) is 8.45. The summed E-state index contributed by atoms with van der Waals surface area (Å²) in [7, 11) is 0. The number of allylic oxidation sites excluding steroid dienone is 1. The predicted octanol–water partition coefficient (Wildman–Crippen LogP) is 6.03. The molecule has 2 aromatic carbocycles. The minimum absolute atomic E-state index is 0.00174. The third-order valence-corrected chi connectivity index (χ3v) is 8.08. The number of hydrogen-bond donors (Lipinski definition) is 2. The molecule has 0 bridgehead atoms. The van der Waals surface area contributed by atoms with Gasteiger partial charge in [0.15, 0.2) is 0 Å². The van der Waals surface area contributed by atoms with Gasteiger partial charge >= 0.3 is 0 Å². The lowest BCUT2D eigenvalue weighted by Gasteiger charge is -2.51. The Balaban J connectivity index is 1.54. The first-order valence-corrected chi connectivity index (χ1v) is 12.1. The third kappa shape index (κ3) is 3.71. The highest BCUT2D eigenvalue weighted by molar-refractivity contribution is 5.72. The van der Waals surface area contributed by atoms with E-state index in [1.807, 2.05) is 37.5 Å². The molecule has 1 aliphatic carbocycles. The van der Waals surface area contributed by atoms with Crippen LogP contribution in [-0.2, 0) is 17.7 Å². The molecule has 1 saturated carbocycles. The average Bonchev–Trinajstić information content (AvgIpc) is 3.18. The van der Waals surface area contributed by atoms with E-state index in [1.54, 1.807) is 26.0 Å². The Morgan fingerprint density at radius 3 is 2.47 bits per heavy atom. The molecule has 4 nitrogen and oxygen atoms in total. The molecule has 1 aliphatic heterocycles. The average molecular weight is 461 g/mol. The number of fused-ring (bicyclic) bond motifs is 2. The van der Waals surface area contributed by atoms with Crippen molar-refractivity contribution in [3.63, 3.8) is 0 Å². The van der Waals surface area contributed by atoms with Crippen LogP contribution in [0, 0.1) is 17.2 Å². The minimum Gasteiger partial charge on any atom is -0.386 e. The summed E-state index contributed by atoms with van der Waals surface area (Å²) in [5.41, 5.74) is 3.51. The van der Waals surface area contributed by atoms with Crippen molar-refractivity contribution in [1.29, 1.82) is 0 Å². The fraction of sp³-hybridized carbons (Fsp3) is 0.414. The van der Waals surface area contributed by atoms with Crippen LogP contribution in [0.25, 0.3) is 17.3 Å². The Bertz CT molecular complexity index is 1250. The Hall–Kier alpha value is -2.76. The van der Waals surface area contributed by atoms with Crippen molar-refractivity contribution in [1.82, 2.24) is 9.55 Å². The van der Waals surface area contributed by atoms with Crippen molar-refractivity contribution in [2.45, 2.75) is 64.7 Å². The third-order valence-electron chi connectivity index (χ3n) is 8.08. The van der Waals surface area contributed by atoms with E-state index in [9.17, 15) is 14.6 Å². The SMILES string of the molecule is CC(C)(O)c1cccc([C@](C)(O)[C@H]2CCCC3=Cc4c(-c5ccc(F)cc5)ncn4C[C@@]32C)c1. The topological polar surface area (TPSA) is 58.3 Å². The van der Waals surface area contributed by atoms with Gasteiger partial charge in [-0.25, -0.2) is 9.37 Å². The molecule has 1 aromatic heterocycles. The van der Waals surface area contributed by atoms with Crippen LogP contribution in [0.3, 0.4) is 0 Å². The van der Waals surface area contributed by atoms with Crippen LogP contribution in [0.2, 0.25) is 0 Å². The number of halogens is 1. The lowest BCUT2D eigenvalue weighted by molar-refractivity contribution is -0.0715. The van der Waals surface area contributed by atoms with E-state index < -0.39 is 11.2 Å². The highest BCUT2D eigenvalue weighted by Crippen LogP contribution is 2.55. The van der Waals surface area contributed by atoms with Gasteiger partial charge < -0.3 is 14.8 Å². The Morgan fingerprint density at radius 1 is 1.06 bits per heavy atom. The number of aromatic nitrogens is 2. The zero-order valence-electron chi connectivity index (χ0n) is 20.3. The van der Waals surface area contributed by atoms with E-state index in [0.717, 1.165) is 53.9 Å². The summed E-state index contributed by atoms with van der Waals surface area (Å²) in [5, 5.41) is 22.5. The van der Waals surface area contributed by atoms with Crippen LogP contribution in [0.1, 0.15) is 63.8 Å². The molecule has 5 heteroatoms. The first kappa shape index (κ1) is 23.0. The maximum absolute atomic E-state index is 13.4. The molecule has 0 saturated heterocycles. The molecule has 2 N–H and O–H groups in total.